The lowest BCUT2D eigenvalue weighted by molar-refractivity contribution is -0.384. The highest BCUT2D eigenvalue weighted by Gasteiger charge is 2.30. The number of nitro groups is 1. The molecule has 0 saturated carbocycles. The lowest BCUT2D eigenvalue weighted by Gasteiger charge is -2.31. The molecule has 4 aromatic rings. The third kappa shape index (κ3) is 4.69. The van der Waals surface area contributed by atoms with E-state index >= 15 is 0 Å². The molecule has 0 aliphatic carbocycles. The standard InChI is InChI=1S/C27H24ClN3O3/c28-25-13-12-21(31(32)33)18-24(25)27-26-11-5-14-29(26)15-6-16-30(27)19-20-7-4-10-23(17-20)34-22-8-2-1-3-9-22/h1-5,7-14,17-18,27H,6,15-16,19H2. The fourth-order valence-electron chi connectivity index (χ4n) is 4.59. The van der Waals surface area contributed by atoms with Gasteiger partial charge in [-0.2, -0.15) is 0 Å². The third-order valence-corrected chi connectivity index (χ3v) is 6.45. The SMILES string of the molecule is O=[N+]([O-])c1ccc(Cl)c(C2c3cccn3CCCN2Cc2cccc(Oc3ccccc3)c2)c1. The Morgan fingerprint density at radius 2 is 1.76 bits per heavy atom. The molecule has 3 aromatic carbocycles. The topological polar surface area (TPSA) is 60.5 Å². The summed E-state index contributed by atoms with van der Waals surface area (Å²) in [5.74, 6) is 1.56. The molecule has 0 bridgehead atoms. The van der Waals surface area contributed by atoms with Gasteiger partial charge in [0, 0.05) is 54.2 Å². The van der Waals surface area contributed by atoms with Gasteiger partial charge in [-0.3, -0.25) is 15.0 Å². The smallest absolute Gasteiger partial charge is 0.269 e. The molecular weight excluding hydrogens is 450 g/mol. The van der Waals surface area contributed by atoms with Gasteiger partial charge in [0.1, 0.15) is 11.5 Å². The second-order valence-electron chi connectivity index (χ2n) is 8.38. The molecule has 0 N–H and O–H groups in total. The summed E-state index contributed by atoms with van der Waals surface area (Å²) in [6.45, 7) is 2.37. The number of para-hydroxylation sites is 1. The Balaban J connectivity index is 1.50. The van der Waals surface area contributed by atoms with E-state index in [1.54, 1.807) is 12.1 Å². The van der Waals surface area contributed by atoms with Crippen LogP contribution >= 0.6 is 11.6 Å². The van der Waals surface area contributed by atoms with Gasteiger partial charge in [-0.15, -0.1) is 0 Å². The fourth-order valence-corrected chi connectivity index (χ4v) is 4.81. The largest absolute Gasteiger partial charge is 0.457 e. The van der Waals surface area contributed by atoms with E-state index in [0.717, 1.165) is 47.8 Å². The molecule has 0 fully saturated rings. The van der Waals surface area contributed by atoms with Crippen molar-refractivity contribution >= 4 is 17.3 Å². The molecule has 172 valence electrons. The molecule has 0 spiro atoms. The number of hydrogen-bond donors (Lipinski definition) is 0. The molecule has 1 aliphatic heterocycles. The highest BCUT2D eigenvalue weighted by atomic mass is 35.5. The quantitative estimate of drug-likeness (QED) is 0.227. The van der Waals surface area contributed by atoms with Crippen LogP contribution in [0.3, 0.4) is 0 Å². The first-order valence-corrected chi connectivity index (χ1v) is 11.6. The number of benzene rings is 3. The van der Waals surface area contributed by atoms with Gasteiger partial charge in [-0.25, -0.2) is 0 Å². The molecule has 1 atom stereocenters. The second kappa shape index (κ2) is 9.71. The Hall–Kier alpha value is -3.61. The second-order valence-corrected chi connectivity index (χ2v) is 8.79. The van der Waals surface area contributed by atoms with Gasteiger partial charge in [0.25, 0.3) is 5.69 Å². The Morgan fingerprint density at radius 3 is 2.59 bits per heavy atom. The zero-order valence-electron chi connectivity index (χ0n) is 18.5. The van der Waals surface area contributed by atoms with Crippen molar-refractivity contribution in [2.75, 3.05) is 6.54 Å². The van der Waals surface area contributed by atoms with Crippen molar-refractivity contribution in [3.63, 3.8) is 0 Å². The number of aryl methyl sites for hydroxylation is 1. The highest BCUT2D eigenvalue weighted by Crippen LogP contribution is 2.38. The summed E-state index contributed by atoms with van der Waals surface area (Å²) in [6.07, 6.45) is 3.02. The van der Waals surface area contributed by atoms with E-state index in [-0.39, 0.29) is 16.7 Å². The summed E-state index contributed by atoms with van der Waals surface area (Å²) in [6, 6.07) is 26.3. The molecule has 7 heteroatoms. The number of nitro benzene ring substituents is 1. The lowest BCUT2D eigenvalue weighted by atomic mass is 10.00. The first-order valence-electron chi connectivity index (χ1n) is 11.2. The van der Waals surface area contributed by atoms with Crippen molar-refractivity contribution < 1.29 is 9.66 Å². The Labute approximate surface area is 203 Å². The van der Waals surface area contributed by atoms with Gasteiger partial charge in [0.05, 0.1) is 11.0 Å². The number of ether oxygens (including phenoxy) is 1. The molecule has 1 aromatic heterocycles. The van der Waals surface area contributed by atoms with Crippen LogP contribution in [0, 0.1) is 10.1 Å². The maximum Gasteiger partial charge on any atom is 0.269 e. The average Bonchev–Trinajstić information content (AvgIpc) is 3.22. The van der Waals surface area contributed by atoms with Crippen molar-refractivity contribution in [1.29, 1.82) is 0 Å². The zero-order chi connectivity index (χ0) is 23.5. The molecule has 34 heavy (non-hydrogen) atoms. The molecule has 0 saturated heterocycles. The van der Waals surface area contributed by atoms with Crippen molar-refractivity contribution in [2.45, 2.75) is 25.6 Å². The van der Waals surface area contributed by atoms with Crippen LogP contribution in [0.1, 0.15) is 29.3 Å². The fraction of sp³-hybridized carbons (Fsp3) is 0.185. The number of fused-ring (bicyclic) bond motifs is 1. The van der Waals surface area contributed by atoms with E-state index < -0.39 is 0 Å². The number of aromatic nitrogens is 1. The van der Waals surface area contributed by atoms with E-state index in [9.17, 15) is 10.1 Å². The predicted molar refractivity (Wildman–Crippen MR) is 132 cm³/mol. The molecule has 2 heterocycles. The van der Waals surface area contributed by atoms with Crippen LogP contribution in [0.4, 0.5) is 5.69 Å². The van der Waals surface area contributed by atoms with Crippen LogP contribution in [0.15, 0.2) is 91.1 Å². The van der Waals surface area contributed by atoms with Crippen molar-refractivity contribution in [1.82, 2.24) is 9.47 Å². The van der Waals surface area contributed by atoms with Crippen LogP contribution in [-0.2, 0) is 13.1 Å². The van der Waals surface area contributed by atoms with E-state index in [0.29, 0.717) is 11.6 Å². The highest BCUT2D eigenvalue weighted by molar-refractivity contribution is 6.31. The van der Waals surface area contributed by atoms with Crippen LogP contribution in [0.2, 0.25) is 5.02 Å². The van der Waals surface area contributed by atoms with Gasteiger partial charge < -0.3 is 9.30 Å². The van der Waals surface area contributed by atoms with Gasteiger partial charge in [0.2, 0.25) is 0 Å². The van der Waals surface area contributed by atoms with Crippen LogP contribution in [0.25, 0.3) is 0 Å². The van der Waals surface area contributed by atoms with Crippen molar-refractivity contribution in [2.24, 2.45) is 0 Å². The number of halogens is 1. The van der Waals surface area contributed by atoms with Crippen LogP contribution < -0.4 is 4.74 Å². The minimum Gasteiger partial charge on any atom is -0.457 e. The summed E-state index contributed by atoms with van der Waals surface area (Å²) in [5, 5.41) is 12.0. The summed E-state index contributed by atoms with van der Waals surface area (Å²) >= 11 is 6.63. The summed E-state index contributed by atoms with van der Waals surface area (Å²) in [5.41, 5.74) is 2.96. The normalized spacial score (nSPS) is 16.0. The van der Waals surface area contributed by atoms with Gasteiger partial charge in [0.15, 0.2) is 0 Å². The van der Waals surface area contributed by atoms with E-state index in [2.05, 4.69) is 27.8 Å². The number of hydrogen-bond acceptors (Lipinski definition) is 4. The first-order chi connectivity index (χ1) is 16.6. The molecule has 1 unspecified atom stereocenters. The minimum absolute atomic E-state index is 0.0416. The Bertz CT molecular complexity index is 1310. The van der Waals surface area contributed by atoms with Crippen molar-refractivity contribution in [3.8, 4) is 11.5 Å². The van der Waals surface area contributed by atoms with E-state index in [1.165, 1.54) is 6.07 Å². The number of nitrogens with zero attached hydrogens (tertiary/aromatic N) is 3. The zero-order valence-corrected chi connectivity index (χ0v) is 19.3. The molecule has 6 nitrogen and oxygen atoms in total. The van der Waals surface area contributed by atoms with Gasteiger partial charge in [-0.05, 0) is 54.4 Å². The molecule has 0 amide bonds. The van der Waals surface area contributed by atoms with Gasteiger partial charge in [-0.1, -0.05) is 41.9 Å². The van der Waals surface area contributed by atoms with E-state index in [4.69, 9.17) is 16.3 Å². The number of non-ortho nitro benzene ring substituents is 1. The van der Waals surface area contributed by atoms with E-state index in [1.807, 2.05) is 54.6 Å². The summed E-state index contributed by atoms with van der Waals surface area (Å²) < 4.78 is 8.25. The molecule has 5 rings (SSSR count). The average molecular weight is 474 g/mol. The Kier molecular flexibility index (Phi) is 6.34. The monoisotopic (exact) mass is 473 g/mol. The third-order valence-electron chi connectivity index (χ3n) is 6.10. The van der Waals surface area contributed by atoms with Crippen LogP contribution in [-0.4, -0.2) is 20.9 Å². The summed E-state index contributed by atoms with van der Waals surface area (Å²) in [4.78, 5) is 13.5. The Morgan fingerprint density at radius 1 is 0.941 bits per heavy atom. The van der Waals surface area contributed by atoms with Gasteiger partial charge >= 0.3 is 0 Å². The first kappa shape index (κ1) is 22.2. The van der Waals surface area contributed by atoms with Crippen molar-refractivity contribution in [3.05, 3.63) is 123 Å². The molecule has 0 radical (unpaired) electrons. The predicted octanol–water partition coefficient (Wildman–Crippen LogP) is 6.84. The molecular formula is C27H24ClN3O3. The molecule has 1 aliphatic rings. The maximum atomic E-state index is 11.5. The van der Waals surface area contributed by atoms with Crippen LogP contribution in [0.5, 0.6) is 11.5 Å². The number of rotatable bonds is 6. The summed E-state index contributed by atoms with van der Waals surface area (Å²) in [7, 11) is 0. The lowest BCUT2D eigenvalue weighted by Crippen LogP contribution is -2.29. The maximum absolute atomic E-state index is 11.5. The minimum atomic E-state index is -0.371.